The van der Waals surface area contributed by atoms with E-state index in [0.717, 1.165) is 29.1 Å². The molecule has 1 fully saturated rings. The van der Waals surface area contributed by atoms with E-state index < -0.39 is 5.82 Å². The fourth-order valence-corrected chi connectivity index (χ4v) is 3.63. The van der Waals surface area contributed by atoms with Crippen molar-refractivity contribution in [1.29, 1.82) is 0 Å². The first-order valence-electron chi connectivity index (χ1n) is 10.1. The number of carbonyl (C=O) groups is 1. The quantitative estimate of drug-likeness (QED) is 0.647. The molecule has 2 heterocycles. The molecule has 160 valence electrons. The third kappa shape index (κ3) is 4.58. The summed E-state index contributed by atoms with van der Waals surface area (Å²) >= 11 is 0. The number of benzene rings is 2. The lowest BCUT2D eigenvalue weighted by Gasteiger charge is -2.23. The SMILES string of the molecule is COc1ccc(N2CCCN(C(=O)c3ccc(=O)n(-c4ccc(F)cc4)n3)CC2)cc1. The molecule has 1 aliphatic rings. The molecule has 0 aliphatic carbocycles. The average Bonchev–Trinajstić information content (AvgIpc) is 3.06. The number of nitrogens with zero attached hydrogens (tertiary/aromatic N) is 4. The van der Waals surface area contributed by atoms with Crippen LogP contribution in [0.5, 0.6) is 5.75 Å². The number of methoxy groups -OCH3 is 1. The molecular weight excluding hydrogens is 399 g/mol. The molecule has 0 bridgehead atoms. The smallest absolute Gasteiger partial charge is 0.274 e. The minimum atomic E-state index is -0.407. The van der Waals surface area contributed by atoms with Crippen LogP contribution in [0, 0.1) is 5.82 Å². The molecule has 1 aliphatic heterocycles. The Hall–Kier alpha value is -3.68. The average molecular weight is 422 g/mol. The van der Waals surface area contributed by atoms with Crippen LogP contribution in [-0.4, -0.2) is 53.9 Å². The van der Waals surface area contributed by atoms with Gasteiger partial charge in [0.15, 0.2) is 0 Å². The number of amides is 1. The Morgan fingerprint density at radius 2 is 1.61 bits per heavy atom. The second-order valence-electron chi connectivity index (χ2n) is 7.28. The van der Waals surface area contributed by atoms with E-state index in [1.54, 1.807) is 12.0 Å². The van der Waals surface area contributed by atoms with Crippen molar-refractivity contribution >= 4 is 11.6 Å². The Morgan fingerprint density at radius 3 is 2.32 bits per heavy atom. The van der Waals surface area contributed by atoms with Crippen LogP contribution in [0.1, 0.15) is 16.9 Å². The normalized spacial score (nSPS) is 14.3. The molecule has 0 unspecified atom stereocenters. The van der Waals surface area contributed by atoms with Crippen molar-refractivity contribution in [2.45, 2.75) is 6.42 Å². The van der Waals surface area contributed by atoms with Gasteiger partial charge in [0.2, 0.25) is 0 Å². The van der Waals surface area contributed by atoms with Gasteiger partial charge >= 0.3 is 0 Å². The first-order valence-corrected chi connectivity index (χ1v) is 10.1. The van der Waals surface area contributed by atoms with Crippen LogP contribution in [0.25, 0.3) is 5.69 Å². The zero-order valence-electron chi connectivity index (χ0n) is 17.2. The summed E-state index contributed by atoms with van der Waals surface area (Å²) in [6.07, 6.45) is 0.815. The van der Waals surface area contributed by atoms with Crippen molar-refractivity contribution in [3.05, 3.63) is 82.5 Å². The van der Waals surface area contributed by atoms with Gasteiger partial charge in [-0.3, -0.25) is 9.59 Å². The van der Waals surface area contributed by atoms with Crippen molar-refractivity contribution in [1.82, 2.24) is 14.7 Å². The van der Waals surface area contributed by atoms with Crippen LogP contribution in [0.15, 0.2) is 65.5 Å². The standard InChI is InChI=1S/C23H23FN4O3/c1-31-20-9-7-18(8-10-20)26-13-2-14-27(16-15-26)23(30)21-11-12-22(29)28(25-21)19-5-3-17(24)4-6-19/h3-12H,2,13-16H2,1H3. The maximum Gasteiger partial charge on any atom is 0.274 e. The van der Waals surface area contributed by atoms with Crippen molar-refractivity contribution in [2.75, 3.05) is 38.2 Å². The predicted octanol–water partition coefficient (Wildman–Crippen LogP) is 2.73. The van der Waals surface area contributed by atoms with Gasteiger partial charge in [-0.2, -0.15) is 9.78 Å². The van der Waals surface area contributed by atoms with Gasteiger partial charge in [0.05, 0.1) is 12.8 Å². The van der Waals surface area contributed by atoms with Gasteiger partial charge in [0, 0.05) is 37.9 Å². The van der Waals surface area contributed by atoms with Crippen LogP contribution in [0.4, 0.5) is 10.1 Å². The summed E-state index contributed by atoms with van der Waals surface area (Å²) in [5, 5.41) is 4.24. The zero-order valence-corrected chi connectivity index (χ0v) is 17.2. The number of rotatable bonds is 4. The highest BCUT2D eigenvalue weighted by molar-refractivity contribution is 5.92. The Labute approximate surface area is 179 Å². The van der Waals surface area contributed by atoms with Crippen LogP contribution in [0.2, 0.25) is 0 Å². The molecule has 2 aromatic carbocycles. The summed E-state index contributed by atoms with van der Waals surface area (Å²) in [6.45, 7) is 2.67. The van der Waals surface area contributed by atoms with E-state index in [-0.39, 0.29) is 17.2 Å². The largest absolute Gasteiger partial charge is 0.497 e. The minimum Gasteiger partial charge on any atom is -0.497 e. The maximum atomic E-state index is 13.2. The van der Waals surface area contributed by atoms with Crippen LogP contribution < -0.4 is 15.2 Å². The number of anilines is 1. The van der Waals surface area contributed by atoms with Crippen LogP contribution >= 0.6 is 0 Å². The maximum absolute atomic E-state index is 13.2. The topological polar surface area (TPSA) is 67.7 Å². The molecule has 8 heteroatoms. The number of aromatic nitrogens is 2. The molecule has 1 amide bonds. The second kappa shape index (κ2) is 8.99. The van der Waals surface area contributed by atoms with Gasteiger partial charge in [-0.05, 0) is 61.0 Å². The van der Waals surface area contributed by atoms with Gasteiger partial charge in [-0.15, -0.1) is 0 Å². The van der Waals surface area contributed by atoms with E-state index in [4.69, 9.17) is 4.74 Å². The molecule has 3 aromatic rings. The first-order chi connectivity index (χ1) is 15.0. The number of halogens is 1. The fourth-order valence-electron chi connectivity index (χ4n) is 3.63. The lowest BCUT2D eigenvalue weighted by atomic mass is 10.2. The van der Waals surface area contributed by atoms with E-state index >= 15 is 0 Å². The third-order valence-corrected chi connectivity index (χ3v) is 5.31. The summed E-state index contributed by atoms with van der Waals surface area (Å²) in [5.41, 5.74) is 1.28. The van der Waals surface area contributed by atoms with Crippen molar-refractivity contribution in [3.63, 3.8) is 0 Å². The summed E-state index contributed by atoms with van der Waals surface area (Å²) in [7, 11) is 1.64. The number of hydrogen-bond acceptors (Lipinski definition) is 5. The van der Waals surface area contributed by atoms with E-state index in [9.17, 15) is 14.0 Å². The van der Waals surface area contributed by atoms with Gasteiger partial charge in [-0.1, -0.05) is 0 Å². The molecule has 1 saturated heterocycles. The minimum absolute atomic E-state index is 0.182. The molecule has 0 saturated carbocycles. The Morgan fingerprint density at radius 1 is 0.903 bits per heavy atom. The van der Waals surface area contributed by atoms with Crippen molar-refractivity contribution in [3.8, 4) is 11.4 Å². The third-order valence-electron chi connectivity index (χ3n) is 5.31. The van der Waals surface area contributed by atoms with E-state index in [1.165, 1.54) is 36.4 Å². The Bertz CT molecular complexity index is 1110. The molecule has 1 aromatic heterocycles. The second-order valence-corrected chi connectivity index (χ2v) is 7.28. The molecule has 31 heavy (non-hydrogen) atoms. The lowest BCUT2D eigenvalue weighted by molar-refractivity contribution is 0.0759. The monoisotopic (exact) mass is 422 g/mol. The first kappa shape index (κ1) is 20.6. The number of hydrogen-bond donors (Lipinski definition) is 0. The molecule has 7 nitrogen and oxygen atoms in total. The molecule has 0 N–H and O–H groups in total. The molecule has 4 rings (SSSR count). The van der Waals surface area contributed by atoms with Crippen LogP contribution in [-0.2, 0) is 0 Å². The van der Waals surface area contributed by atoms with Gasteiger partial charge in [0.25, 0.3) is 11.5 Å². The van der Waals surface area contributed by atoms with Crippen molar-refractivity contribution < 1.29 is 13.9 Å². The van der Waals surface area contributed by atoms with E-state index in [2.05, 4.69) is 10.00 Å². The van der Waals surface area contributed by atoms with Crippen LogP contribution in [0.3, 0.4) is 0 Å². The summed E-state index contributed by atoms with van der Waals surface area (Å²) in [5.74, 6) is 0.167. The summed E-state index contributed by atoms with van der Waals surface area (Å²) < 4.78 is 19.5. The van der Waals surface area contributed by atoms with E-state index in [0.29, 0.717) is 25.3 Å². The zero-order chi connectivity index (χ0) is 21.8. The summed E-state index contributed by atoms with van der Waals surface area (Å²) in [6, 6.07) is 16.0. The number of ether oxygens (including phenoxy) is 1. The molecular formula is C23H23FN4O3. The lowest BCUT2D eigenvalue weighted by Crippen LogP contribution is -2.36. The molecule has 0 atom stereocenters. The molecule has 0 spiro atoms. The van der Waals surface area contributed by atoms with Crippen molar-refractivity contribution in [2.24, 2.45) is 0 Å². The molecule has 0 radical (unpaired) electrons. The summed E-state index contributed by atoms with van der Waals surface area (Å²) in [4.78, 5) is 29.3. The Balaban J connectivity index is 1.50. The van der Waals surface area contributed by atoms with Gasteiger partial charge in [0.1, 0.15) is 17.3 Å². The van der Waals surface area contributed by atoms with E-state index in [1.807, 2.05) is 24.3 Å². The predicted molar refractivity (Wildman–Crippen MR) is 116 cm³/mol. The number of carbonyl (C=O) groups excluding carboxylic acids is 1. The van der Waals surface area contributed by atoms with Gasteiger partial charge < -0.3 is 14.5 Å². The highest BCUT2D eigenvalue weighted by Crippen LogP contribution is 2.21. The fraction of sp³-hybridized carbons (Fsp3) is 0.261. The highest BCUT2D eigenvalue weighted by atomic mass is 19.1. The highest BCUT2D eigenvalue weighted by Gasteiger charge is 2.22. The van der Waals surface area contributed by atoms with Gasteiger partial charge in [-0.25, -0.2) is 4.39 Å². The Kier molecular flexibility index (Phi) is 5.97.